The molecule has 0 spiro atoms. The van der Waals surface area contributed by atoms with Gasteiger partial charge in [-0.05, 0) is 48.9 Å². The van der Waals surface area contributed by atoms with Crippen molar-refractivity contribution in [2.75, 3.05) is 0 Å². The normalized spacial score (nSPS) is 51.5. The second-order valence-electron chi connectivity index (χ2n) is 5.17. The van der Waals surface area contributed by atoms with Crippen LogP contribution in [0.4, 0.5) is 0 Å². The Morgan fingerprint density at radius 3 is 2.69 bits per heavy atom. The lowest BCUT2D eigenvalue weighted by Gasteiger charge is -2.49. The molecule has 2 nitrogen and oxygen atoms in total. The molecule has 3 aliphatic rings. The van der Waals surface area contributed by atoms with Crippen molar-refractivity contribution in [1.82, 2.24) is 0 Å². The molecule has 72 valence electrons. The van der Waals surface area contributed by atoms with Crippen LogP contribution < -0.4 is 0 Å². The van der Waals surface area contributed by atoms with E-state index in [1.54, 1.807) is 0 Å². The van der Waals surface area contributed by atoms with Crippen molar-refractivity contribution in [3.8, 4) is 0 Å². The van der Waals surface area contributed by atoms with Gasteiger partial charge in [0.1, 0.15) is 0 Å². The quantitative estimate of drug-likeness (QED) is 0.707. The SMILES string of the molecule is O=C(O)CC1C2CC[C@@H]3C[C@H]2[C@H]1C3. The minimum Gasteiger partial charge on any atom is -0.481 e. The second-order valence-corrected chi connectivity index (χ2v) is 5.17. The van der Waals surface area contributed by atoms with Gasteiger partial charge in [-0.25, -0.2) is 0 Å². The Bertz CT molecular complexity index is 242. The zero-order chi connectivity index (χ0) is 9.00. The van der Waals surface area contributed by atoms with Gasteiger partial charge in [0, 0.05) is 6.42 Å². The molecule has 3 aliphatic carbocycles. The van der Waals surface area contributed by atoms with Crippen molar-refractivity contribution in [1.29, 1.82) is 0 Å². The molecule has 0 aromatic carbocycles. The van der Waals surface area contributed by atoms with Crippen molar-refractivity contribution in [2.24, 2.45) is 29.6 Å². The van der Waals surface area contributed by atoms with Crippen molar-refractivity contribution >= 4 is 5.97 Å². The molecule has 0 saturated heterocycles. The molecule has 2 unspecified atom stereocenters. The van der Waals surface area contributed by atoms with Crippen LogP contribution in [0.1, 0.15) is 32.1 Å². The van der Waals surface area contributed by atoms with E-state index >= 15 is 0 Å². The van der Waals surface area contributed by atoms with Crippen molar-refractivity contribution < 1.29 is 9.90 Å². The topological polar surface area (TPSA) is 37.3 Å². The lowest BCUT2D eigenvalue weighted by atomic mass is 9.55. The lowest BCUT2D eigenvalue weighted by molar-refractivity contribution is -0.142. The van der Waals surface area contributed by atoms with Crippen LogP contribution in [0.3, 0.4) is 0 Å². The summed E-state index contributed by atoms with van der Waals surface area (Å²) in [6, 6.07) is 0. The molecule has 0 amide bonds. The van der Waals surface area contributed by atoms with Crippen molar-refractivity contribution in [2.45, 2.75) is 32.1 Å². The van der Waals surface area contributed by atoms with Gasteiger partial charge in [-0.3, -0.25) is 4.79 Å². The Labute approximate surface area is 78.3 Å². The zero-order valence-electron chi connectivity index (χ0n) is 7.78. The number of hydrogen-bond donors (Lipinski definition) is 1. The average Bonchev–Trinajstić information content (AvgIpc) is 2.26. The first-order valence-corrected chi connectivity index (χ1v) is 5.47. The number of carboxylic acid groups (broad SMARTS) is 1. The van der Waals surface area contributed by atoms with Crippen LogP contribution in [-0.4, -0.2) is 11.1 Å². The Morgan fingerprint density at radius 1 is 1.15 bits per heavy atom. The molecule has 0 aromatic heterocycles. The van der Waals surface area contributed by atoms with Crippen molar-refractivity contribution in [3.05, 3.63) is 0 Å². The van der Waals surface area contributed by atoms with Gasteiger partial charge in [0.15, 0.2) is 0 Å². The van der Waals surface area contributed by atoms with Crippen LogP contribution in [0.15, 0.2) is 0 Å². The highest BCUT2D eigenvalue weighted by molar-refractivity contribution is 5.67. The van der Waals surface area contributed by atoms with Crippen LogP contribution in [0.25, 0.3) is 0 Å². The minimum atomic E-state index is -0.584. The first-order chi connectivity index (χ1) is 6.25. The third-order valence-electron chi connectivity index (χ3n) is 4.73. The summed E-state index contributed by atoms with van der Waals surface area (Å²) >= 11 is 0. The van der Waals surface area contributed by atoms with Gasteiger partial charge in [0.25, 0.3) is 0 Å². The highest BCUT2D eigenvalue weighted by Gasteiger charge is 2.57. The van der Waals surface area contributed by atoms with Gasteiger partial charge in [-0.15, -0.1) is 0 Å². The monoisotopic (exact) mass is 180 g/mol. The Balaban J connectivity index is 1.75. The summed E-state index contributed by atoms with van der Waals surface area (Å²) in [7, 11) is 0. The van der Waals surface area contributed by atoms with E-state index in [9.17, 15) is 4.79 Å². The fourth-order valence-electron chi connectivity index (χ4n) is 4.29. The molecule has 2 heteroatoms. The first-order valence-electron chi connectivity index (χ1n) is 5.47. The molecule has 1 N–H and O–H groups in total. The van der Waals surface area contributed by atoms with E-state index in [0.29, 0.717) is 12.3 Å². The molecule has 0 aromatic rings. The number of carbonyl (C=O) groups is 1. The first kappa shape index (κ1) is 7.84. The van der Waals surface area contributed by atoms with Crippen LogP contribution in [-0.2, 0) is 4.79 Å². The average molecular weight is 180 g/mol. The maximum absolute atomic E-state index is 10.7. The fraction of sp³-hybridized carbons (Fsp3) is 0.909. The Morgan fingerprint density at radius 2 is 1.92 bits per heavy atom. The predicted molar refractivity (Wildman–Crippen MR) is 48.2 cm³/mol. The van der Waals surface area contributed by atoms with E-state index in [4.69, 9.17) is 5.11 Å². The maximum atomic E-state index is 10.7. The van der Waals surface area contributed by atoms with E-state index in [0.717, 1.165) is 23.7 Å². The molecule has 0 aliphatic heterocycles. The zero-order valence-corrected chi connectivity index (χ0v) is 7.78. The number of hydrogen-bond acceptors (Lipinski definition) is 1. The summed E-state index contributed by atoms with van der Waals surface area (Å²) in [5.41, 5.74) is 0. The predicted octanol–water partition coefficient (Wildman–Crippen LogP) is 2.14. The molecule has 3 fully saturated rings. The summed E-state index contributed by atoms with van der Waals surface area (Å²) in [6.07, 6.45) is 5.92. The van der Waals surface area contributed by atoms with E-state index in [1.807, 2.05) is 0 Å². The van der Waals surface area contributed by atoms with Crippen LogP contribution in [0.2, 0.25) is 0 Å². The largest absolute Gasteiger partial charge is 0.481 e. The highest BCUT2D eigenvalue weighted by Crippen LogP contribution is 2.64. The van der Waals surface area contributed by atoms with Gasteiger partial charge in [0.2, 0.25) is 0 Å². The number of aliphatic carboxylic acids is 1. The number of fused-ring (bicyclic) bond motifs is 1. The second kappa shape index (κ2) is 2.49. The van der Waals surface area contributed by atoms with Crippen molar-refractivity contribution in [3.63, 3.8) is 0 Å². The van der Waals surface area contributed by atoms with Gasteiger partial charge in [0.05, 0.1) is 0 Å². The van der Waals surface area contributed by atoms with Gasteiger partial charge in [-0.2, -0.15) is 0 Å². The lowest BCUT2D eigenvalue weighted by Crippen LogP contribution is -2.44. The highest BCUT2D eigenvalue weighted by atomic mass is 16.4. The molecule has 0 heterocycles. The smallest absolute Gasteiger partial charge is 0.303 e. The van der Waals surface area contributed by atoms with E-state index in [1.165, 1.54) is 25.7 Å². The summed E-state index contributed by atoms with van der Waals surface area (Å²) in [5, 5.41) is 8.80. The van der Waals surface area contributed by atoms with Crippen LogP contribution >= 0.6 is 0 Å². The van der Waals surface area contributed by atoms with E-state index in [2.05, 4.69) is 0 Å². The third-order valence-corrected chi connectivity index (χ3v) is 4.73. The Hall–Kier alpha value is -0.530. The van der Waals surface area contributed by atoms with Gasteiger partial charge < -0.3 is 5.11 Å². The van der Waals surface area contributed by atoms with E-state index in [-0.39, 0.29) is 0 Å². The standard InChI is InChI=1S/C11H16O2/c12-11(13)5-10-7-2-1-6-3-8(7)9(10)4-6/h6-10H,1-5H2,(H,12,13)/t6-,7?,8-,9-,10?/m1/s1. The minimum absolute atomic E-state index is 0.443. The molecule has 3 saturated carbocycles. The summed E-state index contributed by atoms with van der Waals surface area (Å²) in [4.78, 5) is 10.7. The molecule has 5 atom stereocenters. The summed E-state index contributed by atoms with van der Waals surface area (Å²) in [6.45, 7) is 0. The summed E-state index contributed by atoms with van der Waals surface area (Å²) < 4.78 is 0. The summed E-state index contributed by atoms with van der Waals surface area (Å²) in [5.74, 6) is 3.45. The molecule has 2 bridgehead atoms. The molecule has 3 rings (SSSR count). The number of rotatable bonds is 2. The third kappa shape index (κ3) is 0.976. The Kier molecular flexibility index (Phi) is 1.50. The molecular formula is C11H16O2. The van der Waals surface area contributed by atoms with Crippen LogP contribution in [0, 0.1) is 29.6 Å². The molecule has 13 heavy (non-hydrogen) atoms. The van der Waals surface area contributed by atoms with Gasteiger partial charge in [-0.1, -0.05) is 6.42 Å². The fourth-order valence-corrected chi connectivity index (χ4v) is 4.29. The van der Waals surface area contributed by atoms with Gasteiger partial charge >= 0.3 is 5.97 Å². The van der Waals surface area contributed by atoms with Crippen LogP contribution in [0.5, 0.6) is 0 Å². The van der Waals surface area contributed by atoms with E-state index < -0.39 is 5.97 Å². The molecular weight excluding hydrogens is 164 g/mol. The molecule has 0 radical (unpaired) electrons. The number of carboxylic acids is 1. The maximum Gasteiger partial charge on any atom is 0.303 e.